The number of carbonyl (C=O) groups excluding carboxylic acids is 1. The maximum Gasteiger partial charge on any atom is 0.153 e. The lowest BCUT2D eigenvalue weighted by atomic mass is 9.80. The van der Waals surface area contributed by atoms with Crippen LogP contribution in [-0.2, 0) is 11.2 Å². The molecule has 2 nitrogen and oxygen atoms in total. The summed E-state index contributed by atoms with van der Waals surface area (Å²) in [5.74, 6) is 0.125. The van der Waals surface area contributed by atoms with E-state index in [0.717, 1.165) is 12.0 Å². The van der Waals surface area contributed by atoms with Crippen LogP contribution in [0.1, 0.15) is 24.8 Å². The van der Waals surface area contributed by atoms with Crippen LogP contribution in [0.2, 0.25) is 0 Å². The molecule has 1 fully saturated rings. The predicted octanol–water partition coefficient (Wildman–Crippen LogP) is 3.71. The Morgan fingerprint density at radius 3 is 2.94 bits per heavy atom. The number of hydrogen-bond donors (Lipinski definition) is 0. The van der Waals surface area contributed by atoms with Crippen LogP contribution in [0.5, 0.6) is 0 Å². The fourth-order valence-electron chi connectivity index (χ4n) is 2.77. The molecule has 1 saturated carbocycles. The Balaban J connectivity index is 2.02. The molecule has 1 aromatic heterocycles. The largest absolute Gasteiger partial charge is 0.298 e. The van der Waals surface area contributed by atoms with Gasteiger partial charge in [0.1, 0.15) is 5.41 Å². The van der Waals surface area contributed by atoms with Gasteiger partial charge in [-0.05, 0) is 41.7 Å². The zero-order valence-electron chi connectivity index (χ0n) is 9.98. The molecule has 0 N–H and O–H groups in total. The number of carbonyl (C=O) groups is 1. The maximum atomic E-state index is 12.0. The van der Waals surface area contributed by atoms with Gasteiger partial charge in [-0.1, -0.05) is 18.2 Å². The van der Waals surface area contributed by atoms with E-state index in [-0.39, 0.29) is 5.78 Å². The van der Waals surface area contributed by atoms with Gasteiger partial charge in [0.2, 0.25) is 0 Å². The molecule has 2 aromatic rings. The van der Waals surface area contributed by atoms with Crippen LogP contribution in [0.15, 0.2) is 29.6 Å². The first-order valence-electron chi connectivity index (χ1n) is 6.15. The van der Waals surface area contributed by atoms with Gasteiger partial charge in [0.05, 0.1) is 6.07 Å². The third-order valence-corrected chi connectivity index (χ3v) is 4.82. The summed E-state index contributed by atoms with van der Waals surface area (Å²) in [7, 11) is 0. The second-order valence-electron chi connectivity index (χ2n) is 4.90. The van der Waals surface area contributed by atoms with Gasteiger partial charge in [0.15, 0.2) is 5.78 Å². The van der Waals surface area contributed by atoms with Crippen LogP contribution in [0.25, 0.3) is 10.1 Å². The van der Waals surface area contributed by atoms with Crippen LogP contribution in [-0.4, -0.2) is 5.78 Å². The Morgan fingerprint density at radius 2 is 2.22 bits per heavy atom. The molecule has 3 heteroatoms. The number of ketones is 1. The first-order chi connectivity index (χ1) is 8.75. The molecule has 1 aliphatic carbocycles. The molecule has 0 bridgehead atoms. The van der Waals surface area contributed by atoms with Crippen molar-refractivity contribution < 1.29 is 4.79 Å². The van der Waals surface area contributed by atoms with Gasteiger partial charge in [-0.2, -0.15) is 5.26 Å². The molecule has 0 amide bonds. The van der Waals surface area contributed by atoms with Crippen molar-refractivity contribution in [1.29, 1.82) is 5.26 Å². The molecular weight excluding hydrogens is 242 g/mol. The summed E-state index contributed by atoms with van der Waals surface area (Å²) in [4.78, 5) is 12.0. The van der Waals surface area contributed by atoms with E-state index in [9.17, 15) is 10.1 Å². The minimum Gasteiger partial charge on any atom is -0.298 e. The number of nitrogens with zero attached hydrogens (tertiary/aromatic N) is 1. The molecule has 0 aliphatic heterocycles. The summed E-state index contributed by atoms with van der Waals surface area (Å²) in [5.41, 5.74) is 0.386. The van der Waals surface area contributed by atoms with Crippen LogP contribution in [0.3, 0.4) is 0 Å². The molecule has 1 unspecified atom stereocenters. The van der Waals surface area contributed by atoms with Gasteiger partial charge >= 0.3 is 0 Å². The van der Waals surface area contributed by atoms with Gasteiger partial charge in [0, 0.05) is 11.1 Å². The quantitative estimate of drug-likeness (QED) is 0.820. The van der Waals surface area contributed by atoms with Crippen molar-refractivity contribution >= 4 is 27.2 Å². The summed E-state index contributed by atoms with van der Waals surface area (Å²) >= 11 is 1.69. The average Bonchev–Trinajstić information content (AvgIpc) is 2.96. The zero-order chi connectivity index (χ0) is 12.6. The minimum atomic E-state index is -0.760. The van der Waals surface area contributed by atoms with Crippen molar-refractivity contribution in [3.63, 3.8) is 0 Å². The molecule has 1 atom stereocenters. The molecule has 3 rings (SSSR count). The van der Waals surface area contributed by atoms with E-state index in [4.69, 9.17) is 0 Å². The van der Waals surface area contributed by atoms with Gasteiger partial charge in [-0.15, -0.1) is 11.3 Å². The maximum absolute atomic E-state index is 12.0. The Bertz CT molecular complexity index is 652. The number of rotatable bonds is 2. The smallest absolute Gasteiger partial charge is 0.153 e. The van der Waals surface area contributed by atoms with Crippen LogP contribution in [0.4, 0.5) is 0 Å². The number of fused-ring (bicyclic) bond motifs is 1. The van der Waals surface area contributed by atoms with E-state index in [1.165, 1.54) is 10.1 Å². The molecule has 1 aromatic carbocycles. The third kappa shape index (κ3) is 1.65. The van der Waals surface area contributed by atoms with Gasteiger partial charge in [0.25, 0.3) is 0 Å². The summed E-state index contributed by atoms with van der Waals surface area (Å²) in [5, 5.41) is 12.7. The molecule has 18 heavy (non-hydrogen) atoms. The highest BCUT2D eigenvalue weighted by Gasteiger charge is 2.42. The second kappa shape index (κ2) is 4.22. The van der Waals surface area contributed by atoms with E-state index in [1.807, 2.05) is 12.1 Å². The lowest BCUT2D eigenvalue weighted by molar-refractivity contribution is -0.123. The Labute approximate surface area is 110 Å². The summed E-state index contributed by atoms with van der Waals surface area (Å²) in [6.45, 7) is 0. The summed E-state index contributed by atoms with van der Waals surface area (Å²) in [6.07, 6.45) is 2.71. The SMILES string of the molecule is N#CC1(Cc2csc3ccccc23)CCCC1=O. The Hall–Kier alpha value is -1.66. The van der Waals surface area contributed by atoms with Gasteiger partial charge in [-0.25, -0.2) is 0 Å². The van der Waals surface area contributed by atoms with E-state index >= 15 is 0 Å². The molecule has 0 spiro atoms. The standard InChI is InChI=1S/C15H13NOS/c16-10-15(7-3-6-14(15)17)8-11-9-18-13-5-2-1-4-12(11)13/h1-2,4-5,9H,3,6-8H2. The molecular formula is C15H13NOS. The second-order valence-corrected chi connectivity index (χ2v) is 5.82. The van der Waals surface area contributed by atoms with Crippen molar-refractivity contribution in [3.05, 3.63) is 35.2 Å². The summed E-state index contributed by atoms with van der Waals surface area (Å²) in [6, 6.07) is 10.5. The minimum absolute atomic E-state index is 0.125. The lowest BCUT2D eigenvalue weighted by Crippen LogP contribution is -2.26. The molecule has 90 valence electrons. The van der Waals surface area contributed by atoms with Crippen LogP contribution < -0.4 is 0 Å². The number of nitriles is 1. The van der Waals surface area contributed by atoms with Crippen LogP contribution >= 0.6 is 11.3 Å². The zero-order valence-corrected chi connectivity index (χ0v) is 10.8. The highest BCUT2D eigenvalue weighted by Crippen LogP contribution is 2.40. The number of hydrogen-bond acceptors (Lipinski definition) is 3. The van der Waals surface area contributed by atoms with Crippen molar-refractivity contribution in [3.8, 4) is 6.07 Å². The molecule has 0 radical (unpaired) electrons. The Kier molecular flexibility index (Phi) is 2.68. The average molecular weight is 255 g/mol. The fraction of sp³-hybridized carbons (Fsp3) is 0.333. The number of benzene rings is 1. The lowest BCUT2D eigenvalue weighted by Gasteiger charge is -2.17. The van der Waals surface area contributed by atoms with Crippen molar-refractivity contribution in [2.45, 2.75) is 25.7 Å². The van der Waals surface area contributed by atoms with Crippen LogP contribution in [0, 0.1) is 16.7 Å². The van der Waals surface area contributed by atoms with E-state index < -0.39 is 5.41 Å². The predicted molar refractivity (Wildman–Crippen MR) is 72.4 cm³/mol. The van der Waals surface area contributed by atoms with Crippen molar-refractivity contribution in [2.75, 3.05) is 0 Å². The highest BCUT2D eigenvalue weighted by molar-refractivity contribution is 7.17. The summed E-state index contributed by atoms with van der Waals surface area (Å²) < 4.78 is 1.23. The number of Topliss-reactive ketones (excluding diaryl/α,β-unsaturated/α-hetero) is 1. The monoisotopic (exact) mass is 255 g/mol. The topological polar surface area (TPSA) is 40.9 Å². The number of thiophene rings is 1. The van der Waals surface area contributed by atoms with Gasteiger partial charge in [-0.3, -0.25) is 4.79 Å². The molecule has 1 aliphatic rings. The van der Waals surface area contributed by atoms with Gasteiger partial charge < -0.3 is 0 Å². The molecule has 0 saturated heterocycles. The Morgan fingerprint density at radius 1 is 1.39 bits per heavy atom. The fourth-order valence-corrected chi connectivity index (χ4v) is 3.73. The first kappa shape index (κ1) is 11.4. The third-order valence-electron chi connectivity index (χ3n) is 3.81. The van der Waals surface area contributed by atoms with E-state index in [0.29, 0.717) is 19.3 Å². The van der Waals surface area contributed by atoms with Crippen molar-refractivity contribution in [1.82, 2.24) is 0 Å². The first-order valence-corrected chi connectivity index (χ1v) is 7.03. The molecule has 1 heterocycles. The van der Waals surface area contributed by atoms with Crippen molar-refractivity contribution in [2.24, 2.45) is 5.41 Å². The van der Waals surface area contributed by atoms with E-state index in [2.05, 4.69) is 23.6 Å². The normalized spacial score (nSPS) is 23.4. The highest BCUT2D eigenvalue weighted by atomic mass is 32.1. The van der Waals surface area contributed by atoms with E-state index in [1.54, 1.807) is 11.3 Å².